The Kier molecular flexibility index (Phi) is 5.47. The van der Waals surface area contributed by atoms with Gasteiger partial charge in [0, 0.05) is 10.3 Å². The van der Waals surface area contributed by atoms with Crippen LogP contribution in [-0.4, -0.2) is 31.4 Å². The molecule has 0 saturated carbocycles. The molecule has 1 heterocycles. The molecule has 0 spiro atoms. The predicted molar refractivity (Wildman–Crippen MR) is 107 cm³/mol. The van der Waals surface area contributed by atoms with Crippen LogP contribution in [0.25, 0.3) is 21.4 Å². The first-order valence-corrected chi connectivity index (χ1v) is 8.89. The monoisotopic (exact) mass is 396 g/mol. The average molecular weight is 396 g/mol. The van der Waals surface area contributed by atoms with E-state index in [9.17, 15) is 15.2 Å². The second-order valence-electron chi connectivity index (χ2n) is 5.57. The molecule has 7 nitrogen and oxygen atoms in total. The Morgan fingerprint density at radius 2 is 1.75 bits per heavy atom. The number of benzene rings is 2. The Labute approximate surface area is 164 Å². The maximum absolute atomic E-state index is 12.3. The van der Waals surface area contributed by atoms with Gasteiger partial charge in [0.05, 0.1) is 26.7 Å². The van der Waals surface area contributed by atoms with Crippen LogP contribution in [0.4, 0.5) is 0 Å². The molecule has 8 heteroatoms. The van der Waals surface area contributed by atoms with Gasteiger partial charge in [-0.1, -0.05) is 12.1 Å². The highest BCUT2D eigenvalue weighted by Crippen LogP contribution is 2.40. The second kappa shape index (κ2) is 7.98. The molecular weight excluding hydrogens is 380 g/mol. The maximum atomic E-state index is 12.3. The fraction of sp³-hybridized carbons (Fsp3) is 0.150. The molecule has 28 heavy (non-hydrogen) atoms. The topological polar surface area (TPSA) is 102 Å². The number of allylic oxidation sites excluding steroid dienone is 1. The molecule has 1 aromatic heterocycles. The summed E-state index contributed by atoms with van der Waals surface area (Å²) in [5, 5.41) is 21.0. The first-order valence-electron chi connectivity index (χ1n) is 8.08. The van der Waals surface area contributed by atoms with Gasteiger partial charge in [-0.3, -0.25) is 4.79 Å². The van der Waals surface area contributed by atoms with Crippen LogP contribution in [0.2, 0.25) is 0 Å². The number of hydrogen-bond donors (Lipinski definition) is 1. The van der Waals surface area contributed by atoms with Gasteiger partial charge in [-0.2, -0.15) is 10.2 Å². The fourth-order valence-corrected chi connectivity index (χ4v) is 3.68. The van der Waals surface area contributed by atoms with Crippen LogP contribution in [0.15, 0.2) is 41.2 Å². The number of rotatable bonds is 5. The minimum Gasteiger partial charge on any atom is -0.506 e. The number of methoxy groups -OCH3 is 3. The first-order chi connectivity index (χ1) is 13.5. The normalized spacial score (nSPS) is 11.5. The summed E-state index contributed by atoms with van der Waals surface area (Å²) in [5.41, 5.74) is -0.322. The molecule has 3 aromatic rings. The van der Waals surface area contributed by atoms with Gasteiger partial charge in [-0.25, -0.2) is 0 Å². The molecule has 0 aliphatic rings. The average Bonchev–Trinajstić information content (AvgIpc) is 2.73. The first kappa shape index (κ1) is 19.2. The summed E-state index contributed by atoms with van der Waals surface area (Å²) in [5.74, 6) is 0.648. The van der Waals surface area contributed by atoms with E-state index in [1.807, 2.05) is 6.07 Å². The minimum absolute atomic E-state index is 0.123. The molecular formula is C20H16N2O5S. The molecule has 0 radical (unpaired) electrons. The Balaban J connectivity index is 2.24. The molecule has 142 valence electrons. The van der Waals surface area contributed by atoms with Crippen molar-refractivity contribution in [2.24, 2.45) is 0 Å². The lowest BCUT2D eigenvalue weighted by molar-refractivity contribution is 0.324. The van der Waals surface area contributed by atoms with E-state index in [4.69, 9.17) is 14.2 Å². The standard InChI is InChI=1S/C20H16N2O5S/c1-25-14-8-11(9-15(26-2)18(14)27-3)17(23)13(10-21)20-22-19(24)12-6-4-5-7-16(12)28-20/h4-9,23H,1-3H3. The number of aliphatic hydroxyl groups excluding tert-OH is 1. The molecule has 0 amide bonds. The van der Waals surface area contributed by atoms with E-state index < -0.39 is 5.56 Å². The van der Waals surface area contributed by atoms with Crippen molar-refractivity contribution in [3.63, 3.8) is 0 Å². The quantitative estimate of drug-likeness (QED) is 0.519. The molecule has 0 bridgehead atoms. The predicted octanol–water partition coefficient (Wildman–Crippen LogP) is 3.63. The molecule has 2 aromatic carbocycles. The summed E-state index contributed by atoms with van der Waals surface area (Å²) < 4.78 is 16.5. The molecule has 3 rings (SSSR count). The van der Waals surface area contributed by atoms with E-state index in [1.54, 1.807) is 24.3 Å². The summed E-state index contributed by atoms with van der Waals surface area (Å²) >= 11 is 1.15. The number of nitriles is 1. The number of fused-ring (bicyclic) bond motifs is 1. The van der Waals surface area contributed by atoms with Crippen molar-refractivity contribution < 1.29 is 19.3 Å². The molecule has 0 saturated heterocycles. The summed E-state index contributed by atoms with van der Waals surface area (Å²) in [6.45, 7) is 0. The number of aliphatic hydroxyl groups is 1. The Morgan fingerprint density at radius 1 is 1.11 bits per heavy atom. The largest absolute Gasteiger partial charge is 0.506 e. The molecule has 1 N–H and O–H groups in total. The van der Waals surface area contributed by atoms with Gasteiger partial charge in [0.25, 0.3) is 5.56 Å². The van der Waals surface area contributed by atoms with E-state index in [0.717, 1.165) is 11.3 Å². The Bertz CT molecular complexity index is 1150. The van der Waals surface area contributed by atoms with Crippen molar-refractivity contribution in [2.45, 2.75) is 0 Å². The summed E-state index contributed by atoms with van der Waals surface area (Å²) in [6, 6.07) is 11.9. The number of aromatic nitrogens is 1. The van der Waals surface area contributed by atoms with Crippen molar-refractivity contribution in [2.75, 3.05) is 21.3 Å². The second-order valence-corrected chi connectivity index (χ2v) is 6.60. The van der Waals surface area contributed by atoms with Crippen LogP contribution in [-0.2, 0) is 0 Å². The lowest BCUT2D eigenvalue weighted by atomic mass is 10.1. The van der Waals surface area contributed by atoms with Gasteiger partial charge < -0.3 is 19.3 Å². The van der Waals surface area contributed by atoms with Gasteiger partial charge in [0.15, 0.2) is 11.5 Å². The minimum atomic E-state index is -0.463. The Hall–Kier alpha value is -3.57. The van der Waals surface area contributed by atoms with E-state index in [1.165, 1.54) is 33.5 Å². The van der Waals surface area contributed by atoms with Gasteiger partial charge in [-0.05, 0) is 24.3 Å². The van der Waals surface area contributed by atoms with E-state index in [2.05, 4.69) is 4.98 Å². The molecule has 0 aliphatic carbocycles. The van der Waals surface area contributed by atoms with Gasteiger partial charge in [0.2, 0.25) is 5.75 Å². The summed E-state index contributed by atoms with van der Waals surface area (Å²) in [6.07, 6.45) is 0. The van der Waals surface area contributed by atoms with Crippen molar-refractivity contribution >= 4 is 32.8 Å². The van der Waals surface area contributed by atoms with Crippen molar-refractivity contribution in [1.29, 1.82) is 5.26 Å². The number of ether oxygens (including phenoxy) is 3. The Morgan fingerprint density at radius 3 is 2.32 bits per heavy atom. The van der Waals surface area contributed by atoms with Crippen LogP contribution < -0.4 is 19.8 Å². The van der Waals surface area contributed by atoms with Crippen LogP contribution in [0.1, 0.15) is 10.6 Å². The molecule has 0 aliphatic heterocycles. The van der Waals surface area contributed by atoms with E-state index >= 15 is 0 Å². The summed E-state index contributed by atoms with van der Waals surface area (Å²) in [7, 11) is 4.36. The molecule has 0 fully saturated rings. The third-order valence-corrected chi connectivity index (χ3v) is 5.09. The van der Waals surface area contributed by atoms with Crippen molar-refractivity contribution in [1.82, 2.24) is 4.98 Å². The van der Waals surface area contributed by atoms with Gasteiger partial charge in [0.1, 0.15) is 22.4 Å². The smallest absolute Gasteiger partial charge is 0.279 e. The lowest BCUT2D eigenvalue weighted by Gasteiger charge is -2.14. The van der Waals surface area contributed by atoms with Crippen molar-refractivity contribution in [3.05, 3.63) is 57.3 Å². The highest BCUT2D eigenvalue weighted by atomic mass is 32.1. The third kappa shape index (κ3) is 3.35. The molecule has 0 unspecified atom stereocenters. The number of hydrogen-bond acceptors (Lipinski definition) is 8. The fourth-order valence-electron chi connectivity index (χ4n) is 2.68. The number of nitrogens with zero attached hydrogens (tertiary/aromatic N) is 2. The van der Waals surface area contributed by atoms with Crippen LogP contribution >= 0.6 is 11.3 Å². The zero-order valence-corrected chi connectivity index (χ0v) is 16.2. The van der Waals surface area contributed by atoms with E-state index in [0.29, 0.717) is 27.3 Å². The maximum Gasteiger partial charge on any atom is 0.279 e. The van der Waals surface area contributed by atoms with Crippen LogP contribution in [0.3, 0.4) is 0 Å². The van der Waals surface area contributed by atoms with Crippen LogP contribution in [0.5, 0.6) is 17.2 Å². The van der Waals surface area contributed by atoms with Gasteiger partial charge in [-0.15, -0.1) is 11.3 Å². The van der Waals surface area contributed by atoms with Crippen molar-refractivity contribution in [3.8, 4) is 23.3 Å². The highest BCUT2D eigenvalue weighted by Gasteiger charge is 2.19. The zero-order valence-electron chi connectivity index (χ0n) is 15.3. The third-order valence-electron chi connectivity index (χ3n) is 4.03. The highest BCUT2D eigenvalue weighted by molar-refractivity contribution is 7.19. The molecule has 0 atom stereocenters. The SMILES string of the molecule is COc1cc(C(O)=C(C#N)c2nc(=O)c3ccccc3s2)cc(OC)c1OC. The van der Waals surface area contributed by atoms with Crippen LogP contribution in [0, 0.1) is 11.3 Å². The van der Waals surface area contributed by atoms with E-state index in [-0.39, 0.29) is 21.9 Å². The lowest BCUT2D eigenvalue weighted by Crippen LogP contribution is -2.07. The summed E-state index contributed by atoms with van der Waals surface area (Å²) in [4.78, 5) is 16.3. The zero-order chi connectivity index (χ0) is 20.3. The van der Waals surface area contributed by atoms with Gasteiger partial charge >= 0.3 is 0 Å².